The van der Waals surface area contributed by atoms with Crippen molar-refractivity contribution >= 4 is 35.2 Å². The van der Waals surface area contributed by atoms with Crippen molar-refractivity contribution in [2.45, 2.75) is 50.7 Å². The number of halogens is 1. The first-order valence-corrected chi connectivity index (χ1v) is 13.0. The molecule has 1 spiro atoms. The summed E-state index contributed by atoms with van der Waals surface area (Å²) in [5.41, 5.74) is 3.67. The molecule has 0 amide bonds. The van der Waals surface area contributed by atoms with E-state index in [-0.39, 0.29) is 12.2 Å². The van der Waals surface area contributed by atoms with Crippen LogP contribution in [0.2, 0.25) is 0 Å². The second kappa shape index (κ2) is 10.3. The first-order valence-electron chi connectivity index (χ1n) is 12.6. The summed E-state index contributed by atoms with van der Waals surface area (Å²) in [6, 6.07) is 2.79. The molecule has 1 aliphatic carbocycles. The molecule has 2 N–H and O–H groups in total. The first-order chi connectivity index (χ1) is 17.3. The quantitative estimate of drug-likeness (QED) is 0.635. The van der Waals surface area contributed by atoms with Gasteiger partial charge in [-0.3, -0.25) is 14.8 Å². The van der Waals surface area contributed by atoms with Gasteiger partial charge >= 0.3 is 0 Å². The number of nitrogens with one attached hydrogen (secondary N) is 2. The molecule has 0 bridgehead atoms. The molecule has 2 unspecified atom stereocenters. The SMILES string of the molecule is Cc1ncc(CCN2CCCC(N(C)C)C2)cc1NC1=NC23N=CC=C(Cl)C=C2CC(=O)CC3=CN1. The number of carbonyl (C=O) groups excluding carboxylic acids is 1. The lowest BCUT2D eigenvalue weighted by molar-refractivity contribution is -0.118. The summed E-state index contributed by atoms with van der Waals surface area (Å²) < 4.78 is 0. The van der Waals surface area contributed by atoms with Crippen molar-refractivity contribution in [1.82, 2.24) is 20.1 Å². The monoisotopic (exact) mass is 507 g/mol. The van der Waals surface area contributed by atoms with Crippen LogP contribution >= 0.6 is 11.6 Å². The van der Waals surface area contributed by atoms with Crippen molar-refractivity contribution in [3.63, 3.8) is 0 Å². The molecule has 1 aromatic heterocycles. The zero-order chi connectivity index (χ0) is 25.3. The fraction of sp³-hybridized carbons (Fsp3) is 0.481. The van der Waals surface area contributed by atoms with Crippen LogP contribution in [0, 0.1) is 6.92 Å². The Kier molecular flexibility index (Phi) is 7.10. The van der Waals surface area contributed by atoms with E-state index in [9.17, 15) is 4.79 Å². The van der Waals surface area contributed by atoms with Gasteiger partial charge in [0.1, 0.15) is 5.78 Å². The van der Waals surface area contributed by atoms with Crippen LogP contribution < -0.4 is 10.6 Å². The van der Waals surface area contributed by atoms with Crippen LogP contribution in [0.1, 0.15) is 36.9 Å². The average molecular weight is 508 g/mol. The van der Waals surface area contributed by atoms with Crippen molar-refractivity contribution in [3.05, 3.63) is 58.1 Å². The molecule has 1 aromatic rings. The number of rotatable bonds is 5. The van der Waals surface area contributed by atoms with Gasteiger partial charge < -0.3 is 20.4 Å². The third kappa shape index (κ3) is 5.16. The van der Waals surface area contributed by atoms with Gasteiger partial charge in [0.25, 0.3) is 0 Å². The Morgan fingerprint density at radius 1 is 1.31 bits per heavy atom. The molecule has 36 heavy (non-hydrogen) atoms. The van der Waals surface area contributed by atoms with Crippen molar-refractivity contribution in [3.8, 4) is 0 Å². The van der Waals surface area contributed by atoms with Gasteiger partial charge in [0.05, 0.1) is 11.4 Å². The number of aliphatic imine (C=N–C) groups is 2. The molecule has 5 rings (SSSR count). The number of likely N-dealkylation sites (tertiary alicyclic amines) is 1. The van der Waals surface area contributed by atoms with E-state index in [0.717, 1.165) is 48.6 Å². The zero-order valence-corrected chi connectivity index (χ0v) is 22.0. The minimum Gasteiger partial charge on any atom is -0.332 e. The van der Waals surface area contributed by atoms with Gasteiger partial charge in [-0.05, 0) is 76.2 Å². The number of aromatic nitrogens is 1. The third-order valence-electron chi connectivity index (χ3n) is 7.46. The molecule has 1 saturated heterocycles. The maximum absolute atomic E-state index is 12.4. The molecule has 3 aliphatic heterocycles. The number of ketones is 1. The normalized spacial score (nSPS) is 26.1. The predicted octanol–water partition coefficient (Wildman–Crippen LogP) is 3.41. The van der Waals surface area contributed by atoms with E-state index in [2.05, 4.69) is 45.6 Å². The second-order valence-electron chi connectivity index (χ2n) is 10.2. The van der Waals surface area contributed by atoms with Crippen LogP contribution in [-0.4, -0.2) is 78.2 Å². The minimum absolute atomic E-state index is 0.136. The van der Waals surface area contributed by atoms with Gasteiger partial charge in [-0.2, -0.15) is 0 Å². The Morgan fingerprint density at radius 3 is 2.97 bits per heavy atom. The highest BCUT2D eigenvalue weighted by atomic mass is 35.5. The maximum atomic E-state index is 12.4. The lowest BCUT2D eigenvalue weighted by Gasteiger charge is -2.37. The molecule has 8 nitrogen and oxygen atoms in total. The van der Waals surface area contributed by atoms with Gasteiger partial charge in [0.15, 0.2) is 5.66 Å². The number of nitrogens with zero attached hydrogens (tertiary/aromatic N) is 5. The Hall–Kier alpha value is -2.81. The van der Waals surface area contributed by atoms with Gasteiger partial charge in [-0.1, -0.05) is 11.6 Å². The zero-order valence-electron chi connectivity index (χ0n) is 21.2. The summed E-state index contributed by atoms with van der Waals surface area (Å²) in [6.45, 7) is 5.28. The molecule has 4 heterocycles. The highest BCUT2D eigenvalue weighted by molar-refractivity contribution is 6.32. The summed E-state index contributed by atoms with van der Waals surface area (Å²) in [7, 11) is 4.34. The highest BCUT2D eigenvalue weighted by Gasteiger charge is 2.45. The number of aryl methyl sites for hydroxylation is 1. The minimum atomic E-state index is -0.940. The Labute approximate surface area is 217 Å². The van der Waals surface area contributed by atoms with E-state index < -0.39 is 5.66 Å². The van der Waals surface area contributed by atoms with Gasteiger partial charge in [0, 0.05) is 61.2 Å². The van der Waals surface area contributed by atoms with Crippen molar-refractivity contribution in [2.75, 3.05) is 39.0 Å². The highest BCUT2D eigenvalue weighted by Crippen LogP contribution is 2.43. The fourth-order valence-corrected chi connectivity index (χ4v) is 5.52. The van der Waals surface area contributed by atoms with Crippen molar-refractivity contribution < 1.29 is 4.79 Å². The number of Topliss-reactive ketones (excluding diaryl/α,β-unsaturated/α-hetero) is 1. The Morgan fingerprint density at radius 2 is 2.14 bits per heavy atom. The second-order valence-corrected chi connectivity index (χ2v) is 10.7. The van der Waals surface area contributed by atoms with Crippen LogP contribution in [0.5, 0.6) is 0 Å². The first kappa shape index (κ1) is 24.9. The number of hydrogen-bond acceptors (Lipinski definition) is 8. The molecule has 2 fully saturated rings. The Balaban J connectivity index is 1.33. The van der Waals surface area contributed by atoms with E-state index in [1.807, 2.05) is 25.4 Å². The molecular formula is C27H34ClN7O. The summed E-state index contributed by atoms with van der Waals surface area (Å²) in [6.07, 6.45) is 13.1. The van der Waals surface area contributed by atoms with E-state index in [1.54, 1.807) is 12.3 Å². The molecule has 0 radical (unpaired) electrons. The topological polar surface area (TPSA) is 85.2 Å². The largest absolute Gasteiger partial charge is 0.332 e. The van der Waals surface area contributed by atoms with Crippen molar-refractivity contribution in [2.24, 2.45) is 9.98 Å². The van der Waals surface area contributed by atoms with Gasteiger partial charge in [-0.15, -0.1) is 0 Å². The maximum Gasteiger partial charge on any atom is 0.202 e. The number of hydrogen-bond donors (Lipinski definition) is 2. The summed E-state index contributed by atoms with van der Waals surface area (Å²) in [5, 5.41) is 7.20. The van der Waals surface area contributed by atoms with E-state index in [1.165, 1.54) is 18.4 Å². The van der Waals surface area contributed by atoms with Gasteiger partial charge in [-0.25, -0.2) is 4.99 Å². The summed E-state index contributed by atoms with van der Waals surface area (Å²) in [5.74, 6) is 0.706. The number of likely N-dealkylation sites (N-methyl/N-ethyl adjacent to an activating group) is 1. The van der Waals surface area contributed by atoms with Crippen LogP contribution in [0.15, 0.2) is 56.8 Å². The van der Waals surface area contributed by atoms with Crippen LogP contribution in [0.25, 0.3) is 0 Å². The van der Waals surface area contributed by atoms with Crippen LogP contribution in [0.3, 0.4) is 0 Å². The number of carbonyl (C=O) groups is 1. The molecule has 190 valence electrons. The molecule has 0 aromatic carbocycles. The third-order valence-corrected chi connectivity index (χ3v) is 7.69. The fourth-order valence-electron chi connectivity index (χ4n) is 5.34. The van der Waals surface area contributed by atoms with E-state index in [4.69, 9.17) is 21.6 Å². The predicted molar refractivity (Wildman–Crippen MR) is 146 cm³/mol. The number of pyridine rings is 1. The standard InChI is InChI=1S/C27H34ClN7O/c1-18-25(11-19(15-29-18)7-10-35-9-4-5-23(17-35)34(2)3)32-26-30-16-21-14-24(36)13-20-12-22(28)6-8-31-27(20,21)33-26/h6,8,11-12,15-16,23H,4-5,7,9-10,13-14,17H2,1-3H3,(H2,30,32,33). The molecule has 9 heteroatoms. The lowest BCUT2D eigenvalue weighted by atomic mass is 9.79. The molecular weight excluding hydrogens is 474 g/mol. The number of guanidine groups is 1. The lowest BCUT2D eigenvalue weighted by Crippen LogP contribution is -2.45. The molecule has 4 aliphatic rings. The smallest absolute Gasteiger partial charge is 0.202 e. The van der Waals surface area contributed by atoms with Gasteiger partial charge in [0.2, 0.25) is 5.96 Å². The Bertz CT molecular complexity index is 1200. The van der Waals surface area contributed by atoms with Crippen LogP contribution in [0.4, 0.5) is 5.69 Å². The van der Waals surface area contributed by atoms with Crippen molar-refractivity contribution in [1.29, 1.82) is 0 Å². The molecule has 1 saturated carbocycles. The number of allylic oxidation sites excluding steroid dienone is 3. The summed E-state index contributed by atoms with van der Waals surface area (Å²) >= 11 is 6.30. The van der Waals surface area contributed by atoms with Crippen LogP contribution in [-0.2, 0) is 11.2 Å². The molecule has 2 atom stereocenters. The summed E-state index contributed by atoms with van der Waals surface area (Å²) in [4.78, 5) is 31.6. The van der Waals surface area contributed by atoms with E-state index in [0.29, 0.717) is 23.5 Å². The average Bonchev–Trinajstić information content (AvgIpc) is 3.00. The number of piperidine rings is 1. The van der Waals surface area contributed by atoms with E-state index >= 15 is 0 Å². The number of anilines is 1.